The lowest BCUT2D eigenvalue weighted by Crippen LogP contribution is -2.44. The van der Waals surface area contributed by atoms with Gasteiger partial charge in [-0.25, -0.2) is 4.98 Å². The number of aryl methyl sites for hydroxylation is 1. The van der Waals surface area contributed by atoms with E-state index in [1.807, 2.05) is 6.92 Å². The van der Waals surface area contributed by atoms with E-state index < -0.39 is 0 Å². The molecular formula is C13H20N4O2. The molecule has 0 aliphatic carbocycles. The van der Waals surface area contributed by atoms with Crippen molar-refractivity contribution in [2.24, 2.45) is 0 Å². The molecule has 1 aliphatic heterocycles. The number of hydrogen-bond acceptors (Lipinski definition) is 4. The fourth-order valence-electron chi connectivity index (χ4n) is 2.36. The fraction of sp³-hybridized carbons (Fsp3) is 0.615. The summed E-state index contributed by atoms with van der Waals surface area (Å²) in [5.41, 5.74) is -0.106. The molecule has 1 fully saturated rings. The van der Waals surface area contributed by atoms with Crippen LogP contribution in [0.2, 0.25) is 0 Å². The molecule has 19 heavy (non-hydrogen) atoms. The Kier molecular flexibility index (Phi) is 4.19. The largest absolute Gasteiger partial charge is 0.356 e. The predicted molar refractivity (Wildman–Crippen MR) is 73.3 cm³/mol. The summed E-state index contributed by atoms with van der Waals surface area (Å²) in [6.07, 6.45) is 2.48. The molecule has 1 amide bonds. The van der Waals surface area contributed by atoms with Gasteiger partial charge in [0.25, 0.3) is 5.56 Å². The van der Waals surface area contributed by atoms with Crippen LogP contribution >= 0.6 is 0 Å². The van der Waals surface area contributed by atoms with Crippen LogP contribution in [-0.2, 0) is 11.2 Å². The maximum absolute atomic E-state index is 11.5. The Hall–Kier alpha value is -1.85. The number of aromatic amines is 1. The predicted octanol–water partition coefficient (Wildman–Crippen LogP) is 0.437. The summed E-state index contributed by atoms with van der Waals surface area (Å²) in [6.45, 7) is 5.12. The SMILES string of the molecule is CCc1nc(N2CCC(NC(C)=O)CC2)cc(=O)[nH]1. The molecule has 1 aliphatic rings. The number of hydrogen-bond donors (Lipinski definition) is 2. The van der Waals surface area contributed by atoms with Gasteiger partial charge in [-0.15, -0.1) is 0 Å². The van der Waals surface area contributed by atoms with E-state index in [0.717, 1.165) is 31.7 Å². The second kappa shape index (κ2) is 5.86. The first-order chi connectivity index (χ1) is 9.08. The van der Waals surface area contributed by atoms with E-state index in [1.54, 1.807) is 0 Å². The molecule has 0 aromatic carbocycles. The third-order valence-electron chi connectivity index (χ3n) is 3.34. The van der Waals surface area contributed by atoms with Gasteiger partial charge in [0.05, 0.1) is 0 Å². The number of rotatable bonds is 3. The van der Waals surface area contributed by atoms with E-state index in [1.165, 1.54) is 13.0 Å². The van der Waals surface area contributed by atoms with E-state index >= 15 is 0 Å². The van der Waals surface area contributed by atoms with Crippen molar-refractivity contribution in [1.29, 1.82) is 0 Å². The van der Waals surface area contributed by atoms with Crippen LogP contribution in [-0.4, -0.2) is 35.0 Å². The Labute approximate surface area is 112 Å². The molecule has 1 saturated heterocycles. The zero-order valence-corrected chi connectivity index (χ0v) is 11.4. The van der Waals surface area contributed by atoms with Crippen LogP contribution in [0.15, 0.2) is 10.9 Å². The van der Waals surface area contributed by atoms with Gasteiger partial charge in [0.1, 0.15) is 11.6 Å². The molecule has 1 aromatic heterocycles. The van der Waals surface area contributed by atoms with Crippen LogP contribution in [0.1, 0.15) is 32.5 Å². The van der Waals surface area contributed by atoms with E-state index in [2.05, 4.69) is 20.2 Å². The Bertz CT molecular complexity index is 504. The summed E-state index contributed by atoms with van der Waals surface area (Å²) in [6, 6.07) is 1.78. The van der Waals surface area contributed by atoms with Gasteiger partial charge in [0.15, 0.2) is 0 Å². The number of carbonyl (C=O) groups excluding carboxylic acids is 1. The number of anilines is 1. The first kappa shape index (κ1) is 13.6. The molecule has 1 aromatic rings. The van der Waals surface area contributed by atoms with Crippen LogP contribution < -0.4 is 15.8 Å². The Morgan fingerprint density at radius 3 is 2.79 bits per heavy atom. The number of nitrogens with one attached hydrogen (secondary N) is 2. The summed E-state index contributed by atoms with van der Waals surface area (Å²) in [7, 11) is 0. The number of amides is 1. The molecule has 2 heterocycles. The smallest absolute Gasteiger partial charge is 0.252 e. The molecule has 0 spiro atoms. The summed E-state index contributed by atoms with van der Waals surface area (Å²) >= 11 is 0. The molecule has 6 heteroatoms. The van der Waals surface area contributed by atoms with Crippen molar-refractivity contribution in [2.45, 2.75) is 39.2 Å². The summed E-state index contributed by atoms with van der Waals surface area (Å²) in [4.78, 5) is 31.8. The highest BCUT2D eigenvalue weighted by Gasteiger charge is 2.21. The quantitative estimate of drug-likeness (QED) is 0.830. The molecule has 0 unspecified atom stereocenters. The van der Waals surface area contributed by atoms with E-state index in [4.69, 9.17) is 0 Å². The number of carbonyl (C=O) groups is 1. The monoisotopic (exact) mass is 264 g/mol. The maximum Gasteiger partial charge on any atom is 0.252 e. The summed E-state index contributed by atoms with van der Waals surface area (Å²) in [5.74, 6) is 1.47. The van der Waals surface area contributed by atoms with Gasteiger partial charge >= 0.3 is 0 Å². The number of piperidine rings is 1. The Morgan fingerprint density at radius 2 is 2.21 bits per heavy atom. The highest BCUT2D eigenvalue weighted by molar-refractivity contribution is 5.73. The van der Waals surface area contributed by atoms with Crippen molar-refractivity contribution in [3.8, 4) is 0 Å². The lowest BCUT2D eigenvalue weighted by molar-refractivity contribution is -0.119. The van der Waals surface area contributed by atoms with Gasteiger partial charge in [-0.3, -0.25) is 9.59 Å². The summed E-state index contributed by atoms with van der Waals surface area (Å²) < 4.78 is 0. The van der Waals surface area contributed by atoms with Crippen molar-refractivity contribution in [3.63, 3.8) is 0 Å². The van der Waals surface area contributed by atoms with Gasteiger partial charge in [0, 0.05) is 38.5 Å². The zero-order chi connectivity index (χ0) is 13.8. The van der Waals surface area contributed by atoms with Crippen LogP contribution in [0.4, 0.5) is 5.82 Å². The summed E-state index contributed by atoms with van der Waals surface area (Å²) in [5, 5.41) is 2.93. The minimum Gasteiger partial charge on any atom is -0.356 e. The van der Waals surface area contributed by atoms with Crippen LogP contribution in [0, 0.1) is 0 Å². The molecule has 0 bridgehead atoms. The fourth-order valence-corrected chi connectivity index (χ4v) is 2.36. The van der Waals surface area contributed by atoms with Crippen LogP contribution in [0.5, 0.6) is 0 Å². The van der Waals surface area contributed by atoms with Gasteiger partial charge in [-0.2, -0.15) is 0 Å². The van der Waals surface area contributed by atoms with Gasteiger partial charge < -0.3 is 15.2 Å². The minimum absolute atomic E-state index is 0.0148. The standard InChI is InChI=1S/C13H20N4O2/c1-3-11-15-12(8-13(19)16-11)17-6-4-10(5-7-17)14-9(2)18/h8,10H,3-7H2,1-2H3,(H,14,18)(H,15,16,19). The molecule has 2 N–H and O–H groups in total. The third kappa shape index (κ3) is 3.56. The van der Waals surface area contributed by atoms with E-state index in [-0.39, 0.29) is 17.5 Å². The Morgan fingerprint density at radius 1 is 1.53 bits per heavy atom. The molecule has 104 valence electrons. The first-order valence-corrected chi connectivity index (χ1v) is 6.70. The van der Waals surface area contributed by atoms with Gasteiger partial charge in [-0.1, -0.05) is 6.92 Å². The van der Waals surface area contributed by atoms with Crippen molar-refractivity contribution in [3.05, 3.63) is 22.2 Å². The highest BCUT2D eigenvalue weighted by atomic mass is 16.1. The maximum atomic E-state index is 11.5. The van der Waals surface area contributed by atoms with Gasteiger partial charge in [0.2, 0.25) is 5.91 Å². The molecule has 0 atom stereocenters. The highest BCUT2D eigenvalue weighted by Crippen LogP contribution is 2.16. The molecule has 0 saturated carbocycles. The molecule has 6 nitrogen and oxygen atoms in total. The lowest BCUT2D eigenvalue weighted by atomic mass is 10.1. The lowest BCUT2D eigenvalue weighted by Gasteiger charge is -2.32. The van der Waals surface area contributed by atoms with Crippen LogP contribution in [0.3, 0.4) is 0 Å². The van der Waals surface area contributed by atoms with Crippen molar-refractivity contribution in [2.75, 3.05) is 18.0 Å². The minimum atomic E-state index is -0.106. The average Bonchev–Trinajstić information content (AvgIpc) is 2.38. The van der Waals surface area contributed by atoms with Crippen molar-refractivity contribution in [1.82, 2.24) is 15.3 Å². The molecule has 2 rings (SSSR count). The van der Waals surface area contributed by atoms with Gasteiger partial charge in [-0.05, 0) is 12.8 Å². The van der Waals surface area contributed by atoms with Crippen LogP contribution in [0.25, 0.3) is 0 Å². The molecule has 0 radical (unpaired) electrons. The topological polar surface area (TPSA) is 78.1 Å². The van der Waals surface area contributed by atoms with E-state index in [9.17, 15) is 9.59 Å². The first-order valence-electron chi connectivity index (χ1n) is 6.70. The van der Waals surface area contributed by atoms with Crippen molar-refractivity contribution < 1.29 is 4.79 Å². The number of H-pyrrole nitrogens is 1. The number of nitrogens with zero attached hydrogens (tertiary/aromatic N) is 2. The number of aromatic nitrogens is 2. The zero-order valence-electron chi connectivity index (χ0n) is 11.4. The second-order valence-corrected chi connectivity index (χ2v) is 4.87. The Balaban J connectivity index is 2.03. The third-order valence-corrected chi connectivity index (χ3v) is 3.34. The normalized spacial score (nSPS) is 16.4. The second-order valence-electron chi connectivity index (χ2n) is 4.87. The van der Waals surface area contributed by atoms with E-state index in [0.29, 0.717) is 12.2 Å². The van der Waals surface area contributed by atoms with Crippen molar-refractivity contribution >= 4 is 11.7 Å². The molecular weight excluding hydrogens is 244 g/mol. The average molecular weight is 264 g/mol.